The van der Waals surface area contributed by atoms with E-state index in [0.29, 0.717) is 6.54 Å². The predicted molar refractivity (Wildman–Crippen MR) is 104 cm³/mol. The van der Waals surface area contributed by atoms with Crippen molar-refractivity contribution in [2.24, 2.45) is 16.6 Å². The minimum atomic E-state index is -1.51. The van der Waals surface area contributed by atoms with Gasteiger partial charge in [-0.1, -0.05) is 0 Å². The van der Waals surface area contributed by atoms with Gasteiger partial charge in [0.2, 0.25) is 5.91 Å². The number of nitrogens with one attached hydrogen (secondary N) is 3. The molecule has 2 rings (SSSR count). The van der Waals surface area contributed by atoms with Gasteiger partial charge in [0.15, 0.2) is 17.9 Å². The number of nitrogens with two attached hydrogens (primary N) is 2. The molecule has 4 unspecified atom stereocenters. The van der Waals surface area contributed by atoms with E-state index in [0.717, 1.165) is 5.01 Å². The minimum absolute atomic E-state index is 0.0345. The fourth-order valence-electron chi connectivity index (χ4n) is 2.81. The summed E-state index contributed by atoms with van der Waals surface area (Å²) in [6.07, 6.45) is -5.24. The van der Waals surface area contributed by atoms with Gasteiger partial charge in [0.05, 0.1) is 13.2 Å². The summed E-state index contributed by atoms with van der Waals surface area (Å²) < 4.78 is 5.33. The number of carbonyl (C=O) groups is 2. The highest BCUT2D eigenvalue weighted by Gasteiger charge is 2.46. The van der Waals surface area contributed by atoms with Gasteiger partial charge in [0, 0.05) is 13.0 Å². The van der Waals surface area contributed by atoms with Crippen LogP contribution in [0.5, 0.6) is 0 Å². The number of hydrazine groups is 1. The van der Waals surface area contributed by atoms with Crippen molar-refractivity contribution in [1.82, 2.24) is 20.5 Å². The van der Waals surface area contributed by atoms with Crippen LogP contribution in [-0.4, -0.2) is 107 Å². The standard InChI is InChI=1S/C16H28N8O6/c1-23(2)4-3-8(26)21-14(18)10(17)11-15(22-9(27)5-20-11)24(19)16-13(29)12(28)7(6-25)30-16/h7,12-13,16,20,25,28-29H,3-6,17,19H2,1-2H3,(H2,18,21,26)/b11-10+. The van der Waals surface area contributed by atoms with Crippen LogP contribution in [0.2, 0.25) is 0 Å². The molecule has 0 saturated carbocycles. The molecule has 0 aromatic rings. The molecule has 0 aromatic carbocycles. The highest BCUT2D eigenvalue weighted by molar-refractivity contribution is 6.14. The zero-order valence-corrected chi connectivity index (χ0v) is 16.7. The smallest absolute Gasteiger partial charge is 0.267 e. The van der Waals surface area contributed by atoms with E-state index in [1.165, 1.54) is 0 Å². The van der Waals surface area contributed by atoms with Gasteiger partial charge in [-0.05, 0) is 14.1 Å². The quantitative estimate of drug-likeness (QED) is 0.0869. The summed E-state index contributed by atoms with van der Waals surface area (Å²) in [5.41, 5.74) is 5.70. The lowest BCUT2D eigenvalue weighted by Gasteiger charge is -2.31. The first-order valence-electron chi connectivity index (χ1n) is 9.12. The minimum Gasteiger partial charge on any atom is -0.394 e. The fraction of sp³-hybridized carbons (Fsp3) is 0.625. The average Bonchev–Trinajstić information content (AvgIpc) is 2.99. The Morgan fingerprint density at radius 3 is 2.63 bits per heavy atom. The highest BCUT2D eigenvalue weighted by atomic mass is 16.6. The Hall–Kier alpha value is -2.62. The van der Waals surface area contributed by atoms with Crippen LogP contribution >= 0.6 is 0 Å². The van der Waals surface area contributed by atoms with E-state index in [1.807, 2.05) is 0 Å². The van der Waals surface area contributed by atoms with Crippen LogP contribution in [0.1, 0.15) is 6.42 Å². The molecule has 14 nitrogen and oxygen atoms in total. The molecule has 0 spiro atoms. The summed E-state index contributed by atoms with van der Waals surface area (Å²) >= 11 is 0. The number of amidine groups is 2. The molecule has 10 N–H and O–H groups in total. The number of hydrogen-bond donors (Lipinski definition) is 8. The number of aliphatic imine (C=N–C) groups is 1. The molecule has 2 amide bonds. The number of nitrogens with zero attached hydrogens (tertiary/aromatic N) is 3. The molecule has 1 saturated heterocycles. The van der Waals surface area contributed by atoms with Crippen molar-refractivity contribution < 1.29 is 29.6 Å². The number of aliphatic hydroxyl groups is 3. The lowest BCUT2D eigenvalue weighted by atomic mass is 10.1. The first-order valence-corrected chi connectivity index (χ1v) is 9.12. The summed E-state index contributed by atoms with van der Waals surface area (Å²) in [6.45, 7) is -0.331. The van der Waals surface area contributed by atoms with Crippen molar-refractivity contribution in [3.05, 3.63) is 11.4 Å². The third-order valence-electron chi connectivity index (χ3n) is 4.50. The van der Waals surface area contributed by atoms with Crippen LogP contribution in [-0.2, 0) is 14.3 Å². The first kappa shape index (κ1) is 23.7. The molecule has 2 aliphatic rings. The lowest BCUT2D eigenvalue weighted by molar-refractivity contribution is -0.120. The van der Waals surface area contributed by atoms with E-state index >= 15 is 0 Å². The predicted octanol–water partition coefficient (Wildman–Crippen LogP) is -4.66. The molecule has 4 atom stereocenters. The van der Waals surface area contributed by atoms with Gasteiger partial charge in [-0.2, -0.15) is 4.99 Å². The molecule has 2 heterocycles. The Labute approximate surface area is 172 Å². The Kier molecular flexibility index (Phi) is 7.83. The second kappa shape index (κ2) is 9.92. The summed E-state index contributed by atoms with van der Waals surface area (Å²) in [4.78, 5) is 29.4. The number of ether oxygens (including phenoxy) is 1. The van der Waals surface area contributed by atoms with Gasteiger partial charge < -0.3 is 41.3 Å². The molecule has 168 valence electrons. The Balaban J connectivity index is 2.23. The molecule has 1 fully saturated rings. The summed E-state index contributed by atoms with van der Waals surface area (Å²) in [5, 5.41) is 43.2. The lowest BCUT2D eigenvalue weighted by Crippen LogP contribution is -2.55. The topological polar surface area (TPSA) is 223 Å². The van der Waals surface area contributed by atoms with Gasteiger partial charge in [0.25, 0.3) is 5.91 Å². The van der Waals surface area contributed by atoms with Crippen molar-refractivity contribution in [3.63, 3.8) is 0 Å². The van der Waals surface area contributed by atoms with Gasteiger partial charge in [-0.25, -0.2) is 5.84 Å². The van der Waals surface area contributed by atoms with Gasteiger partial charge in [0.1, 0.15) is 29.7 Å². The third-order valence-corrected chi connectivity index (χ3v) is 4.50. The number of rotatable bonds is 6. The van der Waals surface area contributed by atoms with Crippen molar-refractivity contribution in [1.29, 1.82) is 5.41 Å². The maximum atomic E-state index is 12.0. The normalized spacial score (nSPS) is 28.1. The zero-order valence-electron chi connectivity index (χ0n) is 16.7. The van der Waals surface area contributed by atoms with Crippen molar-refractivity contribution >= 4 is 23.5 Å². The van der Waals surface area contributed by atoms with E-state index in [1.54, 1.807) is 19.0 Å². The van der Waals surface area contributed by atoms with Gasteiger partial charge in [-0.3, -0.25) is 20.0 Å². The van der Waals surface area contributed by atoms with Crippen LogP contribution in [0.15, 0.2) is 16.4 Å². The maximum Gasteiger partial charge on any atom is 0.267 e. The maximum absolute atomic E-state index is 12.0. The number of hydrogen-bond acceptors (Lipinski definition) is 12. The van der Waals surface area contributed by atoms with Gasteiger partial charge >= 0.3 is 0 Å². The average molecular weight is 428 g/mol. The van der Waals surface area contributed by atoms with E-state index in [2.05, 4.69) is 15.6 Å². The van der Waals surface area contributed by atoms with E-state index in [9.17, 15) is 24.9 Å². The Bertz CT molecular complexity index is 754. The van der Waals surface area contributed by atoms with Crippen molar-refractivity contribution in [2.75, 3.05) is 33.8 Å². The molecule has 0 aromatic heterocycles. The molecular weight excluding hydrogens is 400 g/mol. The van der Waals surface area contributed by atoms with Crippen LogP contribution < -0.4 is 22.2 Å². The first-order chi connectivity index (χ1) is 14.1. The van der Waals surface area contributed by atoms with E-state index in [4.69, 9.17) is 21.7 Å². The zero-order chi connectivity index (χ0) is 22.6. The van der Waals surface area contributed by atoms with E-state index in [-0.39, 0.29) is 30.2 Å². The number of aliphatic hydroxyl groups excluding tert-OH is 3. The molecule has 0 aliphatic carbocycles. The molecule has 30 heavy (non-hydrogen) atoms. The highest BCUT2D eigenvalue weighted by Crippen LogP contribution is 2.24. The van der Waals surface area contributed by atoms with E-state index < -0.39 is 48.8 Å². The van der Waals surface area contributed by atoms with Crippen LogP contribution in [0.4, 0.5) is 0 Å². The summed E-state index contributed by atoms with van der Waals surface area (Å²) in [7, 11) is 3.60. The molecule has 2 aliphatic heterocycles. The second-order valence-corrected chi connectivity index (χ2v) is 7.08. The van der Waals surface area contributed by atoms with Gasteiger partial charge in [-0.15, -0.1) is 0 Å². The summed E-state index contributed by atoms with van der Waals surface area (Å²) in [6, 6.07) is 0. The fourth-order valence-corrected chi connectivity index (χ4v) is 2.81. The van der Waals surface area contributed by atoms with Crippen LogP contribution in [0, 0.1) is 5.41 Å². The molecular formula is C16H28N8O6. The van der Waals surface area contributed by atoms with Crippen molar-refractivity contribution in [3.8, 4) is 0 Å². The Morgan fingerprint density at radius 1 is 1.40 bits per heavy atom. The SMILES string of the molecule is CN(C)CCC(=O)NC(=N)/C(N)=C1\NCC(=O)N=C1N(N)C1OC(CO)C(O)C1O. The molecule has 14 heteroatoms. The molecule has 0 radical (unpaired) electrons. The number of amides is 2. The van der Waals surface area contributed by atoms with Crippen LogP contribution in [0.25, 0.3) is 0 Å². The summed E-state index contributed by atoms with van der Waals surface area (Å²) in [5.74, 6) is 4.24. The van der Waals surface area contributed by atoms with Crippen LogP contribution in [0.3, 0.4) is 0 Å². The molecule has 0 bridgehead atoms. The third kappa shape index (κ3) is 5.29. The Morgan fingerprint density at radius 2 is 2.07 bits per heavy atom. The van der Waals surface area contributed by atoms with Crippen molar-refractivity contribution in [2.45, 2.75) is 31.0 Å². The largest absolute Gasteiger partial charge is 0.394 e. The monoisotopic (exact) mass is 428 g/mol. The number of carbonyl (C=O) groups excluding carboxylic acids is 2. The second-order valence-electron chi connectivity index (χ2n) is 7.08.